The predicted octanol–water partition coefficient (Wildman–Crippen LogP) is 0.825. The van der Waals surface area contributed by atoms with Crippen LogP contribution in [0.4, 0.5) is 11.4 Å². The SMILES string of the molecule is Nc1cc(N)c(CC(O)CO)c(-c2ccc(O)cc2O)c1. The molecule has 1 atom stereocenters. The zero-order valence-electron chi connectivity index (χ0n) is 11.3. The second-order valence-electron chi connectivity index (χ2n) is 4.88. The number of phenols is 2. The van der Waals surface area contributed by atoms with Crippen LogP contribution in [-0.2, 0) is 6.42 Å². The number of phenolic OH excluding ortho intramolecular Hbond substituents is 2. The van der Waals surface area contributed by atoms with Crippen molar-refractivity contribution in [3.63, 3.8) is 0 Å². The molecule has 0 bridgehead atoms. The van der Waals surface area contributed by atoms with Gasteiger partial charge in [-0.15, -0.1) is 0 Å². The summed E-state index contributed by atoms with van der Waals surface area (Å²) in [5.41, 5.74) is 14.1. The van der Waals surface area contributed by atoms with Gasteiger partial charge in [-0.25, -0.2) is 0 Å². The lowest BCUT2D eigenvalue weighted by Crippen LogP contribution is -2.17. The van der Waals surface area contributed by atoms with E-state index in [9.17, 15) is 15.3 Å². The number of aliphatic hydroxyl groups is 2. The Kier molecular flexibility index (Phi) is 4.21. The van der Waals surface area contributed by atoms with E-state index in [1.54, 1.807) is 12.1 Å². The van der Waals surface area contributed by atoms with Crippen molar-refractivity contribution in [3.8, 4) is 22.6 Å². The predicted molar refractivity (Wildman–Crippen MR) is 80.8 cm³/mol. The Labute approximate surface area is 121 Å². The second-order valence-corrected chi connectivity index (χ2v) is 4.88. The molecule has 0 radical (unpaired) electrons. The minimum atomic E-state index is -0.964. The number of rotatable bonds is 4. The fourth-order valence-electron chi connectivity index (χ4n) is 2.23. The fourth-order valence-corrected chi connectivity index (χ4v) is 2.23. The summed E-state index contributed by atoms with van der Waals surface area (Å²) in [7, 11) is 0. The average Bonchev–Trinajstić information content (AvgIpc) is 2.41. The number of nitrogen functional groups attached to an aromatic ring is 2. The van der Waals surface area contributed by atoms with Gasteiger partial charge in [0.2, 0.25) is 0 Å². The van der Waals surface area contributed by atoms with Gasteiger partial charge in [0.1, 0.15) is 11.5 Å². The van der Waals surface area contributed by atoms with E-state index in [-0.39, 0.29) is 17.9 Å². The normalized spacial score (nSPS) is 12.3. The summed E-state index contributed by atoms with van der Waals surface area (Å²) in [6, 6.07) is 7.36. The molecule has 1 unspecified atom stereocenters. The molecule has 0 aliphatic rings. The Hall–Kier alpha value is -2.44. The van der Waals surface area contributed by atoms with Crippen LogP contribution in [-0.4, -0.2) is 33.1 Å². The van der Waals surface area contributed by atoms with Gasteiger partial charge in [-0.3, -0.25) is 0 Å². The molecule has 6 nitrogen and oxygen atoms in total. The summed E-state index contributed by atoms with van der Waals surface area (Å²) in [6.07, 6.45) is -0.841. The second kappa shape index (κ2) is 5.90. The first-order valence-corrected chi connectivity index (χ1v) is 6.41. The molecule has 0 amide bonds. The van der Waals surface area contributed by atoms with Gasteiger partial charge in [-0.1, -0.05) is 0 Å². The van der Waals surface area contributed by atoms with Crippen LogP contribution >= 0.6 is 0 Å². The third-order valence-electron chi connectivity index (χ3n) is 3.23. The molecule has 0 heterocycles. The highest BCUT2D eigenvalue weighted by Gasteiger charge is 2.16. The van der Waals surface area contributed by atoms with Gasteiger partial charge in [-0.2, -0.15) is 0 Å². The molecule has 2 rings (SSSR count). The van der Waals surface area contributed by atoms with Gasteiger partial charge in [0, 0.05) is 29.4 Å². The van der Waals surface area contributed by atoms with Gasteiger partial charge in [-0.05, 0) is 35.4 Å². The summed E-state index contributed by atoms with van der Waals surface area (Å²) in [5.74, 6) is -0.190. The molecule has 2 aromatic rings. The van der Waals surface area contributed by atoms with Crippen molar-refractivity contribution < 1.29 is 20.4 Å². The van der Waals surface area contributed by atoms with E-state index in [0.717, 1.165) is 0 Å². The van der Waals surface area contributed by atoms with E-state index in [1.807, 2.05) is 0 Å². The highest BCUT2D eigenvalue weighted by molar-refractivity contribution is 5.81. The van der Waals surface area contributed by atoms with Crippen molar-refractivity contribution >= 4 is 11.4 Å². The summed E-state index contributed by atoms with van der Waals surface area (Å²) >= 11 is 0. The van der Waals surface area contributed by atoms with Gasteiger partial charge in [0.05, 0.1) is 12.7 Å². The largest absolute Gasteiger partial charge is 0.508 e. The number of aromatic hydroxyl groups is 2. The standard InChI is InChI=1S/C15H18N2O4/c16-8-3-12(11-2-1-9(19)6-15(11)21)13(14(17)4-8)5-10(20)7-18/h1-4,6,10,18-21H,5,7,16-17H2. The van der Waals surface area contributed by atoms with Crippen molar-refractivity contribution in [1.29, 1.82) is 0 Å². The molecule has 0 spiro atoms. The minimum absolute atomic E-state index is 0.0648. The Balaban J connectivity index is 2.60. The van der Waals surface area contributed by atoms with Crippen LogP contribution in [0.15, 0.2) is 30.3 Å². The number of benzene rings is 2. The van der Waals surface area contributed by atoms with E-state index < -0.39 is 12.7 Å². The molecular formula is C15H18N2O4. The van der Waals surface area contributed by atoms with Crippen LogP contribution < -0.4 is 11.5 Å². The lowest BCUT2D eigenvalue weighted by molar-refractivity contribution is 0.0957. The molecule has 0 saturated heterocycles. The molecule has 2 aromatic carbocycles. The zero-order chi connectivity index (χ0) is 15.6. The molecule has 0 aromatic heterocycles. The molecule has 0 saturated carbocycles. The van der Waals surface area contributed by atoms with Crippen LogP contribution in [0.5, 0.6) is 11.5 Å². The lowest BCUT2D eigenvalue weighted by atomic mass is 9.93. The minimum Gasteiger partial charge on any atom is -0.508 e. The summed E-state index contributed by atoms with van der Waals surface area (Å²) < 4.78 is 0. The third kappa shape index (κ3) is 3.18. The monoisotopic (exact) mass is 290 g/mol. The van der Waals surface area contributed by atoms with Gasteiger partial charge < -0.3 is 31.9 Å². The first kappa shape index (κ1) is 15.0. The van der Waals surface area contributed by atoms with Gasteiger partial charge >= 0.3 is 0 Å². The molecule has 21 heavy (non-hydrogen) atoms. The summed E-state index contributed by atoms with van der Waals surface area (Å²) in [4.78, 5) is 0. The molecule has 0 fully saturated rings. The van der Waals surface area contributed by atoms with Crippen molar-refractivity contribution in [1.82, 2.24) is 0 Å². The van der Waals surface area contributed by atoms with Gasteiger partial charge in [0.15, 0.2) is 0 Å². The Morgan fingerprint density at radius 2 is 1.71 bits per heavy atom. The smallest absolute Gasteiger partial charge is 0.127 e. The topological polar surface area (TPSA) is 133 Å². The molecule has 0 aliphatic heterocycles. The van der Waals surface area contributed by atoms with Crippen molar-refractivity contribution in [2.24, 2.45) is 0 Å². The van der Waals surface area contributed by atoms with E-state index in [2.05, 4.69) is 0 Å². The highest BCUT2D eigenvalue weighted by Crippen LogP contribution is 2.37. The summed E-state index contributed by atoms with van der Waals surface area (Å²) in [5, 5.41) is 38.0. The van der Waals surface area contributed by atoms with Crippen LogP contribution in [0.1, 0.15) is 5.56 Å². The number of hydrogen-bond acceptors (Lipinski definition) is 6. The van der Waals surface area contributed by atoms with Crippen molar-refractivity contribution in [2.45, 2.75) is 12.5 Å². The quantitative estimate of drug-likeness (QED) is 0.462. The average molecular weight is 290 g/mol. The first-order valence-electron chi connectivity index (χ1n) is 6.41. The maximum absolute atomic E-state index is 9.99. The number of anilines is 2. The van der Waals surface area contributed by atoms with Crippen LogP contribution in [0.2, 0.25) is 0 Å². The van der Waals surface area contributed by atoms with E-state index in [1.165, 1.54) is 18.2 Å². The Morgan fingerprint density at radius 3 is 2.33 bits per heavy atom. The molecule has 8 N–H and O–H groups in total. The number of nitrogens with two attached hydrogens (primary N) is 2. The van der Waals surface area contributed by atoms with Crippen molar-refractivity contribution in [2.75, 3.05) is 18.1 Å². The van der Waals surface area contributed by atoms with Crippen LogP contribution in [0.3, 0.4) is 0 Å². The van der Waals surface area contributed by atoms with E-state index in [4.69, 9.17) is 16.6 Å². The zero-order valence-corrected chi connectivity index (χ0v) is 11.3. The van der Waals surface area contributed by atoms with E-state index in [0.29, 0.717) is 28.1 Å². The highest BCUT2D eigenvalue weighted by atomic mass is 16.3. The van der Waals surface area contributed by atoms with E-state index >= 15 is 0 Å². The van der Waals surface area contributed by atoms with Crippen LogP contribution in [0.25, 0.3) is 11.1 Å². The number of aliphatic hydroxyl groups excluding tert-OH is 2. The van der Waals surface area contributed by atoms with Gasteiger partial charge in [0.25, 0.3) is 0 Å². The molecule has 6 heteroatoms. The molecule has 0 aliphatic carbocycles. The van der Waals surface area contributed by atoms with Crippen LogP contribution in [0, 0.1) is 0 Å². The maximum Gasteiger partial charge on any atom is 0.127 e. The molecular weight excluding hydrogens is 272 g/mol. The van der Waals surface area contributed by atoms with Crippen molar-refractivity contribution in [3.05, 3.63) is 35.9 Å². The Morgan fingerprint density at radius 1 is 1.00 bits per heavy atom. The lowest BCUT2D eigenvalue weighted by Gasteiger charge is -2.17. The maximum atomic E-state index is 9.99. The Bertz CT molecular complexity index is 658. The number of hydrogen-bond donors (Lipinski definition) is 6. The third-order valence-corrected chi connectivity index (χ3v) is 3.23. The molecule has 112 valence electrons. The fraction of sp³-hybridized carbons (Fsp3) is 0.200. The first-order chi connectivity index (χ1) is 9.92. The summed E-state index contributed by atoms with van der Waals surface area (Å²) in [6.45, 7) is -0.398.